The van der Waals surface area contributed by atoms with Crippen molar-refractivity contribution in [1.82, 2.24) is 9.80 Å². The smallest absolute Gasteiger partial charge is 0.414 e. The first kappa shape index (κ1) is 22.7. The zero-order chi connectivity index (χ0) is 20.4. The Balaban J connectivity index is 0.000000409. The van der Waals surface area contributed by atoms with Crippen LogP contribution >= 0.6 is 11.8 Å². The van der Waals surface area contributed by atoms with Crippen molar-refractivity contribution in [1.29, 1.82) is 0 Å². The second-order valence-electron chi connectivity index (χ2n) is 7.42. The van der Waals surface area contributed by atoms with Crippen LogP contribution in [0.3, 0.4) is 0 Å². The van der Waals surface area contributed by atoms with Gasteiger partial charge in [0.2, 0.25) is 0 Å². The van der Waals surface area contributed by atoms with E-state index in [1.54, 1.807) is 0 Å². The number of aliphatic carboxylic acids is 2. The van der Waals surface area contributed by atoms with Crippen LogP contribution in [0.5, 0.6) is 0 Å². The lowest BCUT2D eigenvalue weighted by Crippen LogP contribution is -2.49. The first-order valence-corrected chi connectivity index (χ1v) is 11.3. The van der Waals surface area contributed by atoms with Crippen molar-refractivity contribution >= 4 is 23.7 Å². The number of carboxylic acid groups (broad SMARTS) is 2. The van der Waals surface area contributed by atoms with E-state index in [9.17, 15) is 0 Å². The van der Waals surface area contributed by atoms with E-state index in [0.717, 1.165) is 12.6 Å². The van der Waals surface area contributed by atoms with Gasteiger partial charge in [-0.25, -0.2) is 9.59 Å². The molecule has 1 aromatic rings. The molecule has 2 N–H and O–H groups in total. The number of benzene rings is 1. The first-order valence-electron chi connectivity index (χ1n) is 10.0. The molecule has 0 atom stereocenters. The molecule has 1 saturated heterocycles. The zero-order valence-electron chi connectivity index (χ0n) is 16.7. The first-order chi connectivity index (χ1) is 13.5. The van der Waals surface area contributed by atoms with Gasteiger partial charge in [0, 0.05) is 43.7 Å². The van der Waals surface area contributed by atoms with E-state index in [1.165, 1.54) is 75.2 Å². The highest BCUT2D eigenvalue weighted by Gasteiger charge is 2.24. The van der Waals surface area contributed by atoms with Crippen molar-refractivity contribution in [2.24, 2.45) is 0 Å². The van der Waals surface area contributed by atoms with Gasteiger partial charge >= 0.3 is 11.9 Å². The molecule has 1 saturated carbocycles. The molecule has 0 aromatic heterocycles. The number of hydrogen-bond acceptors (Lipinski definition) is 5. The molecule has 0 spiro atoms. The number of thioether (sulfide) groups is 1. The minimum Gasteiger partial charge on any atom is -0.473 e. The van der Waals surface area contributed by atoms with E-state index in [2.05, 4.69) is 40.3 Å². The van der Waals surface area contributed by atoms with Gasteiger partial charge in [-0.1, -0.05) is 37.8 Å². The van der Waals surface area contributed by atoms with Crippen LogP contribution in [0.4, 0.5) is 0 Å². The number of nitrogens with zero attached hydrogens (tertiary/aromatic N) is 2. The third-order valence-electron chi connectivity index (χ3n) is 5.50. The van der Waals surface area contributed by atoms with Crippen LogP contribution in [0.15, 0.2) is 29.2 Å². The molecular formula is C21H32N2O4S. The predicted octanol–water partition coefficient (Wildman–Crippen LogP) is 3.40. The van der Waals surface area contributed by atoms with Crippen molar-refractivity contribution in [3.63, 3.8) is 0 Å². The van der Waals surface area contributed by atoms with E-state index >= 15 is 0 Å². The third-order valence-corrected chi connectivity index (χ3v) is 6.24. The Hall–Kier alpha value is -1.57. The maximum Gasteiger partial charge on any atom is 0.414 e. The summed E-state index contributed by atoms with van der Waals surface area (Å²) in [6, 6.07) is 9.97. The Morgan fingerprint density at radius 2 is 1.46 bits per heavy atom. The average Bonchev–Trinajstić information content (AvgIpc) is 2.99. The quantitative estimate of drug-likeness (QED) is 0.449. The molecule has 3 rings (SSSR count). The molecule has 0 bridgehead atoms. The fraction of sp³-hybridized carbons (Fsp3) is 0.619. The molecule has 156 valence electrons. The fourth-order valence-corrected chi connectivity index (χ4v) is 4.31. The Morgan fingerprint density at radius 3 is 1.93 bits per heavy atom. The summed E-state index contributed by atoms with van der Waals surface area (Å²) >= 11 is 1.82. The molecule has 1 aliphatic heterocycles. The monoisotopic (exact) mass is 408 g/mol. The summed E-state index contributed by atoms with van der Waals surface area (Å²) in [4.78, 5) is 25.0. The lowest BCUT2D eigenvalue weighted by atomic mass is 10.1. The van der Waals surface area contributed by atoms with Crippen LogP contribution in [0.2, 0.25) is 0 Å². The number of hydrogen-bond donors (Lipinski definition) is 2. The van der Waals surface area contributed by atoms with E-state index < -0.39 is 11.9 Å². The second-order valence-corrected chi connectivity index (χ2v) is 8.30. The van der Waals surface area contributed by atoms with Gasteiger partial charge in [0.15, 0.2) is 0 Å². The van der Waals surface area contributed by atoms with Crippen LogP contribution in [-0.4, -0.2) is 70.4 Å². The maximum absolute atomic E-state index is 9.10. The summed E-state index contributed by atoms with van der Waals surface area (Å²) < 4.78 is 0. The highest BCUT2D eigenvalue weighted by atomic mass is 32.2. The van der Waals surface area contributed by atoms with Crippen molar-refractivity contribution in [2.75, 3.05) is 32.4 Å². The van der Waals surface area contributed by atoms with Crippen LogP contribution in [0.1, 0.15) is 44.1 Å². The molecule has 0 unspecified atom stereocenters. The van der Waals surface area contributed by atoms with Gasteiger partial charge in [-0.3, -0.25) is 9.80 Å². The highest BCUT2D eigenvalue weighted by molar-refractivity contribution is 7.98. The molecular weight excluding hydrogens is 376 g/mol. The lowest BCUT2D eigenvalue weighted by molar-refractivity contribution is -0.159. The molecule has 0 amide bonds. The van der Waals surface area contributed by atoms with Crippen molar-refractivity contribution < 1.29 is 19.8 Å². The number of rotatable bonds is 4. The van der Waals surface area contributed by atoms with Crippen molar-refractivity contribution in [3.05, 3.63) is 29.8 Å². The summed E-state index contributed by atoms with van der Waals surface area (Å²) in [6.45, 7) is 6.13. The fourth-order valence-electron chi connectivity index (χ4n) is 3.90. The van der Waals surface area contributed by atoms with Gasteiger partial charge in [-0.2, -0.15) is 0 Å². The van der Waals surface area contributed by atoms with Gasteiger partial charge in [-0.05, 0) is 36.8 Å². The van der Waals surface area contributed by atoms with Crippen molar-refractivity contribution in [2.45, 2.75) is 56.0 Å². The molecule has 6 nitrogen and oxygen atoms in total. The summed E-state index contributed by atoms with van der Waals surface area (Å²) in [5, 5.41) is 14.8. The third kappa shape index (κ3) is 7.81. The summed E-state index contributed by atoms with van der Waals surface area (Å²) in [5.41, 5.74) is 1.46. The molecule has 2 fully saturated rings. The second kappa shape index (κ2) is 12.1. The van der Waals surface area contributed by atoms with E-state index in [0.29, 0.717) is 0 Å². The van der Waals surface area contributed by atoms with E-state index in [-0.39, 0.29) is 0 Å². The van der Waals surface area contributed by atoms with Gasteiger partial charge in [0.05, 0.1) is 0 Å². The predicted molar refractivity (Wildman–Crippen MR) is 112 cm³/mol. The van der Waals surface area contributed by atoms with Crippen LogP contribution < -0.4 is 0 Å². The maximum atomic E-state index is 9.10. The van der Waals surface area contributed by atoms with Gasteiger partial charge in [0.25, 0.3) is 0 Å². The number of carbonyl (C=O) groups is 2. The summed E-state index contributed by atoms with van der Waals surface area (Å²) in [7, 11) is 0. The van der Waals surface area contributed by atoms with Crippen LogP contribution in [0, 0.1) is 0 Å². The zero-order valence-corrected chi connectivity index (χ0v) is 17.5. The molecule has 1 aromatic carbocycles. The molecule has 1 heterocycles. The summed E-state index contributed by atoms with van der Waals surface area (Å²) in [6.07, 6.45) is 10.8. The van der Waals surface area contributed by atoms with Gasteiger partial charge < -0.3 is 10.2 Å². The SMILES string of the molecule is CSc1ccc(CN2CCN(C3CCCCCC3)CC2)cc1.O=C(O)C(=O)O. The number of carboxylic acids is 2. The molecule has 0 radical (unpaired) electrons. The Labute approximate surface area is 171 Å². The standard InChI is InChI=1S/C19H30N2S.C2H2O4/c1-22-19-10-8-17(9-11-19)16-20-12-14-21(15-13-20)18-6-4-2-3-5-7-18;3-1(4)2(5)6/h8-11,18H,2-7,12-16H2,1H3;(H,3,4)(H,5,6). The van der Waals surface area contributed by atoms with Crippen LogP contribution in [0.25, 0.3) is 0 Å². The summed E-state index contributed by atoms with van der Waals surface area (Å²) in [5.74, 6) is -3.65. The van der Waals surface area contributed by atoms with Gasteiger partial charge in [0.1, 0.15) is 0 Å². The van der Waals surface area contributed by atoms with E-state index in [1.807, 2.05) is 11.8 Å². The lowest BCUT2D eigenvalue weighted by Gasteiger charge is -2.39. The Kier molecular flexibility index (Phi) is 9.81. The normalized spacial score (nSPS) is 19.3. The molecule has 1 aliphatic carbocycles. The molecule has 2 aliphatic rings. The van der Waals surface area contributed by atoms with Gasteiger partial charge in [-0.15, -0.1) is 11.8 Å². The van der Waals surface area contributed by atoms with Crippen molar-refractivity contribution in [3.8, 4) is 0 Å². The average molecular weight is 409 g/mol. The van der Waals surface area contributed by atoms with E-state index in [4.69, 9.17) is 19.8 Å². The number of piperazine rings is 1. The minimum atomic E-state index is -1.82. The highest BCUT2D eigenvalue weighted by Crippen LogP contribution is 2.23. The minimum absolute atomic E-state index is 0.880. The Morgan fingerprint density at radius 1 is 0.929 bits per heavy atom. The Bertz CT molecular complexity index is 595. The van der Waals surface area contributed by atoms with Crippen LogP contribution in [-0.2, 0) is 16.1 Å². The largest absolute Gasteiger partial charge is 0.473 e. The molecule has 7 heteroatoms. The topological polar surface area (TPSA) is 81.1 Å². The molecule has 28 heavy (non-hydrogen) atoms.